The number of hydrogen-bond acceptors (Lipinski definition) is 4. The van der Waals surface area contributed by atoms with E-state index < -0.39 is 0 Å². The van der Waals surface area contributed by atoms with Gasteiger partial charge in [-0.05, 0) is 50.5 Å². The molecule has 3 fully saturated rings. The number of hydrogen-bond donors (Lipinski definition) is 0. The Labute approximate surface area is 158 Å². The Balaban J connectivity index is 1.57. The largest absolute Gasteiger partial charge is 0.496 e. The van der Waals surface area contributed by atoms with E-state index in [9.17, 15) is 0 Å². The summed E-state index contributed by atoms with van der Waals surface area (Å²) in [5.74, 6) is 0.661. The molecule has 2 atom stereocenters. The molecule has 2 saturated heterocycles. The van der Waals surface area contributed by atoms with Gasteiger partial charge in [0, 0.05) is 29.4 Å². The van der Waals surface area contributed by atoms with Crippen LogP contribution < -0.4 is 5.46 Å². The molecular weight excluding hydrogens is 325 g/mol. The molecule has 0 amide bonds. The second-order valence-electron chi connectivity index (χ2n) is 8.33. The van der Waals surface area contributed by atoms with Crippen molar-refractivity contribution in [2.24, 2.45) is 5.92 Å². The number of fused-ring (bicyclic) bond motifs is 1. The Bertz CT molecular complexity index is 621. The first-order valence-electron chi connectivity index (χ1n) is 10.5. The molecule has 142 valence electrons. The van der Waals surface area contributed by atoms with E-state index in [-0.39, 0.29) is 23.7 Å². The van der Waals surface area contributed by atoms with Gasteiger partial charge >= 0.3 is 7.12 Å². The minimum Gasteiger partial charge on any atom is -0.399 e. The van der Waals surface area contributed by atoms with Crippen LogP contribution in [0.25, 0.3) is 0 Å². The van der Waals surface area contributed by atoms with Gasteiger partial charge in [-0.3, -0.25) is 4.98 Å². The smallest absolute Gasteiger partial charge is 0.399 e. The predicted octanol–water partition coefficient (Wildman–Crippen LogP) is 3.62. The maximum Gasteiger partial charge on any atom is 0.496 e. The highest BCUT2D eigenvalue weighted by Gasteiger charge is 2.59. The second kappa shape index (κ2) is 6.61. The maximum atomic E-state index is 6.57. The molecule has 4 rings (SSSR count). The summed E-state index contributed by atoms with van der Waals surface area (Å²) in [6, 6.07) is 4.37. The van der Waals surface area contributed by atoms with Crippen LogP contribution in [0, 0.1) is 5.92 Å². The van der Waals surface area contributed by atoms with Crippen molar-refractivity contribution in [1.82, 2.24) is 4.98 Å². The molecule has 1 aromatic rings. The monoisotopic (exact) mass is 357 g/mol. The van der Waals surface area contributed by atoms with Crippen LogP contribution in [0.2, 0.25) is 0 Å². The van der Waals surface area contributed by atoms with Crippen molar-refractivity contribution in [2.75, 3.05) is 13.2 Å². The third kappa shape index (κ3) is 2.50. The van der Waals surface area contributed by atoms with E-state index >= 15 is 0 Å². The minimum absolute atomic E-state index is 0.208. The van der Waals surface area contributed by atoms with E-state index in [4.69, 9.17) is 19.0 Å². The zero-order valence-electron chi connectivity index (χ0n) is 16.7. The highest BCUT2D eigenvalue weighted by Crippen LogP contribution is 2.58. The molecule has 0 radical (unpaired) electrons. The van der Waals surface area contributed by atoms with Crippen LogP contribution in [0.4, 0.5) is 0 Å². The minimum atomic E-state index is -0.307. The van der Waals surface area contributed by atoms with Crippen LogP contribution in [0.15, 0.2) is 18.3 Å². The Kier molecular flexibility index (Phi) is 4.69. The summed E-state index contributed by atoms with van der Waals surface area (Å²) in [5, 5.41) is 0. The van der Waals surface area contributed by atoms with Gasteiger partial charge in [0.05, 0.1) is 17.8 Å². The van der Waals surface area contributed by atoms with Crippen LogP contribution in [0.5, 0.6) is 0 Å². The normalized spacial score (nSPS) is 31.7. The van der Waals surface area contributed by atoms with Gasteiger partial charge in [0.1, 0.15) is 0 Å². The van der Waals surface area contributed by atoms with Crippen molar-refractivity contribution in [3.05, 3.63) is 24.0 Å². The lowest BCUT2D eigenvalue weighted by Crippen LogP contribution is -2.50. The third-order valence-electron chi connectivity index (χ3n) is 7.59. The summed E-state index contributed by atoms with van der Waals surface area (Å²) >= 11 is 0. The summed E-state index contributed by atoms with van der Waals surface area (Å²) in [4.78, 5) is 4.84. The Hall–Kier alpha value is -0.905. The number of nitrogens with zero attached hydrogens (tertiary/aromatic N) is 1. The van der Waals surface area contributed by atoms with Gasteiger partial charge < -0.3 is 14.0 Å². The molecule has 5 heteroatoms. The fourth-order valence-corrected chi connectivity index (χ4v) is 5.57. The Morgan fingerprint density at radius 1 is 1.04 bits per heavy atom. The zero-order valence-corrected chi connectivity index (χ0v) is 16.7. The fraction of sp³-hybridized carbons (Fsp3) is 0.762. The summed E-state index contributed by atoms with van der Waals surface area (Å²) < 4.78 is 18.7. The average molecular weight is 357 g/mol. The van der Waals surface area contributed by atoms with Crippen LogP contribution >= 0.6 is 0 Å². The molecule has 4 nitrogen and oxygen atoms in total. The van der Waals surface area contributed by atoms with E-state index in [1.807, 2.05) is 6.20 Å². The van der Waals surface area contributed by atoms with Crippen molar-refractivity contribution < 1.29 is 14.0 Å². The van der Waals surface area contributed by atoms with Crippen molar-refractivity contribution in [2.45, 2.75) is 82.8 Å². The first kappa shape index (κ1) is 18.5. The first-order chi connectivity index (χ1) is 12.6. The molecule has 2 aliphatic heterocycles. The van der Waals surface area contributed by atoms with E-state index in [1.54, 1.807) is 0 Å². The van der Waals surface area contributed by atoms with Gasteiger partial charge in [-0.15, -0.1) is 0 Å². The summed E-state index contributed by atoms with van der Waals surface area (Å²) in [6.45, 7) is 10.6. The van der Waals surface area contributed by atoms with Crippen molar-refractivity contribution in [3.63, 3.8) is 0 Å². The molecule has 1 aromatic heterocycles. The van der Waals surface area contributed by atoms with Gasteiger partial charge in [0.15, 0.2) is 0 Å². The molecule has 0 unspecified atom stereocenters. The lowest BCUT2D eigenvalue weighted by Gasteiger charge is -2.42. The van der Waals surface area contributed by atoms with Gasteiger partial charge in [-0.1, -0.05) is 33.8 Å². The van der Waals surface area contributed by atoms with Crippen LogP contribution in [0.3, 0.4) is 0 Å². The Morgan fingerprint density at radius 3 is 2.19 bits per heavy atom. The molecule has 26 heavy (non-hydrogen) atoms. The first-order valence-corrected chi connectivity index (χ1v) is 10.5. The van der Waals surface area contributed by atoms with Gasteiger partial charge in [-0.25, -0.2) is 0 Å². The topological polar surface area (TPSA) is 40.6 Å². The lowest BCUT2D eigenvalue weighted by molar-refractivity contribution is -0.0601. The van der Waals surface area contributed by atoms with E-state index in [2.05, 4.69) is 39.8 Å². The van der Waals surface area contributed by atoms with Crippen LogP contribution in [-0.4, -0.2) is 36.5 Å². The van der Waals surface area contributed by atoms with Crippen LogP contribution in [0.1, 0.15) is 71.9 Å². The number of ether oxygens (including phenoxy) is 1. The molecule has 3 heterocycles. The maximum absolute atomic E-state index is 6.57. The quantitative estimate of drug-likeness (QED) is 0.729. The molecule has 1 aliphatic carbocycles. The molecule has 3 aliphatic rings. The van der Waals surface area contributed by atoms with Gasteiger partial charge in [0.25, 0.3) is 0 Å². The molecule has 0 spiro atoms. The number of rotatable bonds is 6. The third-order valence-corrected chi connectivity index (χ3v) is 7.59. The number of pyridine rings is 1. The SMILES string of the molecule is CCC1(CC)OB(c2ccc([C@]34CCOC[C@H]3C4)nc2)OC1(CC)CC. The average Bonchev–Trinajstić information content (AvgIpc) is 3.36. The van der Waals surface area contributed by atoms with E-state index in [0.717, 1.165) is 50.8 Å². The van der Waals surface area contributed by atoms with Gasteiger partial charge in [-0.2, -0.15) is 0 Å². The van der Waals surface area contributed by atoms with Crippen LogP contribution in [-0.2, 0) is 19.5 Å². The second-order valence-corrected chi connectivity index (χ2v) is 8.33. The standard InChI is InChI=1S/C21H32BNO3/c1-5-20(6-2)21(7-3,8-4)26-22(25-20)17-9-10-18(23-14-17)19-11-12-24-15-16(19)13-19/h9-10,14,16H,5-8,11-13,15H2,1-4H3/t16-,19+/m1/s1. The summed E-state index contributed by atoms with van der Waals surface area (Å²) in [5.41, 5.74) is 2.13. The lowest BCUT2D eigenvalue weighted by atomic mass is 9.75. The molecule has 0 aromatic carbocycles. The van der Waals surface area contributed by atoms with E-state index in [1.165, 1.54) is 12.1 Å². The molecule has 1 saturated carbocycles. The molecule has 0 bridgehead atoms. The fourth-order valence-electron chi connectivity index (χ4n) is 5.57. The zero-order chi connectivity index (χ0) is 18.4. The van der Waals surface area contributed by atoms with Gasteiger partial charge in [0.2, 0.25) is 0 Å². The predicted molar refractivity (Wildman–Crippen MR) is 104 cm³/mol. The van der Waals surface area contributed by atoms with Crippen molar-refractivity contribution >= 4 is 12.6 Å². The molecular formula is C21H32BNO3. The number of aromatic nitrogens is 1. The van der Waals surface area contributed by atoms with Crippen molar-refractivity contribution in [1.29, 1.82) is 0 Å². The van der Waals surface area contributed by atoms with Crippen molar-refractivity contribution in [3.8, 4) is 0 Å². The Morgan fingerprint density at radius 2 is 1.69 bits per heavy atom. The summed E-state index contributed by atoms with van der Waals surface area (Å²) in [6.07, 6.45) is 8.19. The highest BCUT2D eigenvalue weighted by molar-refractivity contribution is 6.62. The highest BCUT2D eigenvalue weighted by atomic mass is 16.7. The van der Waals surface area contributed by atoms with E-state index in [0.29, 0.717) is 5.92 Å². The summed E-state index contributed by atoms with van der Waals surface area (Å²) in [7, 11) is -0.307. The molecule has 0 N–H and O–H groups in total.